The van der Waals surface area contributed by atoms with Crippen LogP contribution in [0.25, 0.3) is 11.3 Å². The lowest BCUT2D eigenvalue weighted by Crippen LogP contribution is -2.34. The molecular formula is C21H20N4O3. The zero-order valence-electron chi connectivity index (χ0n) is 15.2. The van der Waals surface area contributed by atoms with Gasteiger partial charge in [0.25, 0.3) is 5.91 Å². The number of para-hydroxylation sites is 2. The predicted molar refractivity (Wildman–Crippen MR) is 105 cm³/mol. The summed E-state index contributed by atoms with van der Waals surface area (Å²) in [5.74, 6) is 1.77. The van der Waals surface area contributed by atoms with Gasteiger partial charge < -0.3 is 20.5 Å². The maximum atomic E-state index is 12.3. The van der Waals surface area contributed by atoms with Crippen molar-refractivity contribution in [3.63, 3.8) is 0 Å². The lowest BCUT2D eigenvalue weighted by molar-refractivity contribution is 0.0812. The van der Waals surface area contributed by atoms with E-state index < -0.39 is 0 Å². The van der Waals surface area contributed by atoms with Gasteiger partial charge in [-0.05, 0) is 36.4 Å². The maximum Gasteiger partial charge on any atom is 0.252 e. The average Bonchev–Trinajstić information content (AvgIpc) is 2.74. The second-order valence-corrected chi connectivity index (χ2v) is 6.45. The Kier molecular flexibility index (Phi) is 5.05. The summed E-state index contributed by atoms with van der Waals surface area (Å²) in [5, 5.41) is 2.89. The largest absolute Gasteiger partial charge is 0.486 e. The number of nitrogen functional groups attached to an aromatic ring is 1. The van der Waals surface area contributed by atoms with Crippen molar-refractivity contribution in [2.75, 3.05) is 18.9 Å². The molecule has 7 nitrogen and oxygen atoms in total. The van der Waals surface area contributed by atoms with E-state index in [0.29, 0.717) is 31.0 Å². The van der Waals surface area contributed by atoms with Crippen LogP contribution < -0.4 is 20.5 Å². The van der Waals surface area contributed by atoms with Crippen LogP contribution in [0.15, 0.2) is 60.9 Å². The van der Waals surface area contributed by atoms with Gasteiger partial charge in [-0.25, -0.2) is 4.98 Å². The minimum Gasteiger partial charge on any atom is -0.486 e. The molecule has 1 aliphatic rings. The predicted octanol–water partition coefficient (Wildman–Crippen LogP) is 2.69. The monoisotopic (exact) mass is 376 g/mol. The first-order valence-electron chi connectivity index (χ1n) is 9.04. The molecule has 3 N–H and O–H groups in total. The summed E-state index contributed by atoms with van der Waals surface area (Å²) in [5.41, 5.74) is 7.67. The van der Waals surface area contributed by atoms with Crippen molar-refractivity contribution in [2.45, 2.75) is 12.5 Å². The van der Waals surface area contributed by atoms with E-state index in [1.165, 1.54) is 0 Å². The molecule has 1 aromatic carbocycles. The highest BCUT2D eigenvalue weighted by Crippen LogP contribution is 2.31. The number of nitrogens with two attached hydrogens (primary N) is 1. The molecule has 28 heavy (non-hydrogen) atoms. The molecule has 1 atom stereocenters. The van der Waals surface area contributed by atoms with Gasteiger partial charge in [-0.1, -0.05) is 12.1 Å². The molecule has 3 aromatic rings. The molecule has 0 radical (unpaired) electrons. The van der Waals surface area contributed by atoms with Gasteiger partial charge in [0.15, 0.2) is 11.5 Å². The number of carbonyl (C=O) groups is 1. The number of amides is 1. The molecule has 0 bridgehead atoms. The van der Waals surface area contributed by atoms with E-state index in [-0.39, 0.29) is 12.0 Å². The quantitative estimate of drug-likeness (QED) is 0.710. The summed E-state index contributed by atoms with van der Waals surface area (Å²) in [6.07, 6.45) is 3.77. The third-order valence-corrected chi connectivity index (χ3v) is 4.43. The minimum atomic E-state index is -0.174. The van der Waals surface area contributed by atoms with Crippen LogP contribution in [0, 0.1) is 0 Å². The molecule has 142 valence electrons. The van der Waals surface area contributed by atoms with Crippen LogP contribution in [0.2, 0.25) is 0 Å². The van der Waals surface area contributed by atoms with Crippen LogP contribution in [0.5, 0.6) is 11.5 Å². The van der Waals surface area contributed by atoms with Crippen molar-refractivity contribution in [1.29, 1.82) is 0 Å². The zero-order valence-corrected chi connectivity index (χ0v) is 15.2. The van der Waals surface area contributed by atoms with Gasteiger partial charge in [-0.15, -0.1) is 0 Å². The highest BCUT2D eigenvalue weighted by Gasteiger charge is 2.20. The number of anilines is 1. The fraction of sp³-hybridized carbons (Fsp3) is 0.190. The molecular weight excluding hydrogens is 356 g/mol. The average molecular weight is 376 g/mol. The van der Waals surface area contributed by atoms with Crippen LogP contribution in [0.1, 0.15) is 16.8 Å². The smallest absolute Gasteiger partial charge is 0.252 e. The number of benzene rings is 1. The summed E-state index contributed by atoms with van der Waals surface area (Å²) in [4.78, 5) is 20.7. The van der Waals surface area contributed by atoms with Crippen LogP contribution in [0.4, 0.5) is 5.82 Å². The van der Waals surface area contributed by atoms with Gasteiger partial charge in [0, 0.05) is 30.9 Å². The van der Waals surface area contributed by atoms with E-state index in [1.54, 1.807) is 30.6 Å². The van der Waals surface area contributed by atoms with E-state index in [9.17, 15) is 4.79 Å². The van der Waals surface area contributed by atoms with E-state index in [0.717, 1.165) is 22.8 Å². The van der Waals surface area contributed by atoms with Gasteiger partial charge in [0.2, 0.25) is 0 Å². The van der Waals surface area contributed by atoms with Crippen molar-refractivity contribution in [3.8, 4) is 22.8 Å². The highest BCUT2D eigenvalue weighted by atomic mass is 16.6. The number of rotatable bonds is 5. The van der Waals surface area contributed by atoms with Crippen LogP contribution in [-0.4, -0.2) is 35.1 Å². The molecule has 7 heteroatoms. The van der Waals surface area contributed by atoms with Gasteiger partial charge in [-0.3, -0.25) is 9.78 Å². The first kappa shape index (κ1) is 17.8. The van der Waals surface area contributed by atoms with Gasteiger partial charge in [0.05, 0.1) is 11.3 Å². The van der Waals surface area contributed by atoms with Gasteiger partial charge in [0.1, 0.15) is 18.5 Å². The zero-order chi connectivity index (χ0) is 19.3. The third kappa shape index (κ3) is 4.03. The van der Waals surface area contributed by atoms with Crippen molar-refractivity contribution in [2.24, 2.45) is 0 Å². The first-order chi connectivity index (χ1) is 13.7. The Hall–Kier alpha value is -3.61. The molecule has 0 aliphatic carbocycles. The Bertz CT molecular complexity index is 958. The van der Waals surface area contributed by atoms with E-state index in [1.807, 2.05) is 30.3 Å². The van der Waals surface area contributed by atoms with Crippen molar-refractivity contribution < 1.29 is 14.3 Å². The van der Waals surface area contributed by atoms with Crippen molar-refractivity contribution in [3.05, 3.63) is 66.5 Å². The number of carbonyl (C=O) groups excluding carboxylic acids is 1. The fourth-order valence-electron chi connectivity index (χ4n) is 2.91. The molecule has 3 heterocycles. The third-order valence-electron chi connectivity index (χ3n) is 4.43. The highest BCUT2D eigenvalue weighted by molar-refractivity contribution is 5.94. The molecule has 1 aliphatic heterocycles. The second-order valence-electron chi connectivity index (χ2n) is 6.45. The number of nitrogens with zero attached hydrogens (tertiary/aromatic N) is 2. The number of pyridine rings is 2. The number of nitrogens with one attached hydrogen (secondary N) is 1. The van der Waals surface area contributed by atoms with Crippen LogP contribution in [-0.2, 0) is 0 Å². The van der Waals surface area contributed by atoms with Crippen LogP contribution in [0.3, 0.4) is 0 Å². The van der Waals surface area contributed by atoms with E-state index in [4.69, 9.17) is 15.2 Å². The molecule has 0 saturated heterocycles. The lowest BCUT2D eigenvalue weighted by Gasteiger charge is -2.26. The lowest BCUT2D eigenvalue weighted by atomic mass is 10.1. The summed E-state index contributed by atoms with van der Waals surface area (Å²) >= 11 is 0. The van der Waals surface area contributed by atoms with E-state index in [2.05, 4.69) is 15.3 Å². The Balaban J connectivity index is 1.29. The summed E-state index contributed by atoms with van der Waals surface area (Å²) in [7, 11) is 0. The van der Waals surface area contributed by atoms with Gasteiger partial charge in [-0.2, -0.15) is 0 Å². The topological polar surface area (TPSA) is 99.4 Å². The normalized spacial score (nSPS) is 15.1. The summed E-state index contributed by atoms with van der Waals surface area (Å²) in [6.45, 7) is 0.956. The standard InChI is InChI=1S/C21H20N4O3/c22-20-8-6-14(11-25-20)17-7-5-15(12-24-17)21(26)23-10-9-16-13-27-18-3-1-2-4-19(18)28-16/h1-8,11-12,16H,9-10,13H2,(H2,22,25)(H,23,26)/t16-/m0/s1. The van der Waals surface area contributed by atoms with Gasteiger partial charge >= 0.3 is 0 Å². The molecule has 4 rings (SSSR count). The molecule has 0 saturated carbocycles. The first-order valence-corrected chi connectivity index (χ1v) is 9.04. The van der Waals surface area contributed by atoms with Crippen LogP contribution >= 0.6 is 0 Å². The fourth-order valence-corrected chi connectivity index (χ4v) is 2.91. The maximum absolute atomic E-state index is 12.3. The molecule has 2 aromatic heterocycles. The molecule has 0 fully saturated rings. The summed E-state index contributed by atoms with van der Waals surface area (Å²) in [6, 6.07) is 14.7. The number of ether oxygens (including phenoxy) is 2. The number of hydrogen-bond acceptors (Lipinski definition) is 6. The Labute approximate surface area is 162 Å². The Morgan fingerprint density at radius 2 is 1.93 bits per heavy atom. The number of aromatic nitrogens is 2. The number of fused-ring (bicyclic) bond motifs is 1. The number of hydrogen-bond donors (Lipinski definition) is 2. The second kappa shape index (κ2) is 7.96. The van der Waals surface area contributed by atoms with Crippen molar-refractivity contribution in [1.82, 2.24) is 15.3 Å². The Morgan fingerprint density at radius 3 is 2.68 bits per heavy atom. The molecule has 0 spiro atoms. The molecule has 1 amide bonds. The SMILES string of the molecule is Nc1ccc(-c2ccc(C(=O)NCC[C@H]3COc4ccccc4O3)cn2)cn1. The van der Waals surface area contributed by atoms with Crippen molar-refractivity contribution >= 4 is 11.7 Å². The minimum absolute atomic E-state index is 0.0892. The Morgan fingerprint density at radius 1 is 1.07 bits per heavy atom. The molecule has 0 unspecified atom stereocenters. The summed E-state index contributed by atoms with van der Waals surface area (Å²) < 4.78 is 11.6. The van der Waals surface area contributed by atoms with E-state index >= 15 is 0 Å².